The molecule has 110 valence electrons. The third kappa shape index (κ3) is 3.93. The van der Waals surface area contributed by atoms with Crippen LogP contribution in [0.2, 0.25) is 0 Å². The molecular weight excluding hydrogens is 242 g/mol. The van der Waals surface area contributed by atoms with E-state index in [-0.39, 0.29) is 18.4 Å². The van der Waals surface area contributed by atoms with Crippen molar-refractivity contribution in [2.24, 2.45) is 17.1 Å². The molecule has 3 N–H and O–H groups in total. The monoisotopic (exact) mass is 269 g/mol. The van der Waals surface area contributed by atoms with E-state index in [4.69, 9.17) is 5.73 Å². The van der Waals surface area contributed by atoms with Crippen LogP contribution in [0.1, 0.15) is 39.5 Å². The van der Waals surface area contributed by atoms with Gasteiger partial charge in [-0.3, -0.25) is 9.59 Å². The normalized spacial score (nSPS) is 26.8. The number of nitrogens with one attached hydrogen (secondary N) is 1. The average Bonchev–Trinajstić information content (AvgIpc) is 2.44. The van der Waals surface area contributed by atoms with Gasteiger partial charge in [0.15, 0.2) is 0 Å². The maximum absolute atomic E-state index is 12.3. The quantitative estimate of drug-likeness (QED) is 0.773. The van der Waals surface area contributed by atoms with Gasteiger partial charge in [0.05, 0.1) is 12.0 Å². The van der Waals surface area contributed by atoms with Gasteiger partial charge in [0.1, 0.15) is 0 Å². The molecule has 5 nitrogen and oxygen atoms in total. The minimum atomic E-state index is -0.461. The Hall–Kier alpha value is -1.10. The van der Waals surface area contributed by atoms with Crippen LogP contribution in [-0.2, 0) is 9.59 Å². The first-order valence-corrected chi connectivity index (χ1v) is 7.17. The Morgan fingerprint density at radius 3 is 2.42 bits per heavy atom. The number of nitrogens with zero attached hydrogens (tertiary/aromatic N) is 1. The first kappa shape index (κ1) is 16.0. The van der Waals surface area contributed by atoms with E-state index >= 15 is 0 Å². The summed E-state index contributed by atoms with van der Waals surface area (Å²) < 4.78 is 0. The number of amides is 2. The molecule has 5 heteroatoms. The molecule has 0 radical (unpaired) electrons. The van der Waals surface area contributed by atoms with Gasteiger partial charge in [-0.05, 0) is 38.5 Å². The molecule has 1 aliphatic carbocycles. The van der Waals surface area contributed by atoms with E-state index in [0.717, 1.165) is 25.7 Å². The third-order valence-corrected chi connectivity index (χ3v) is 4.40. The van der Waals surface area contributed by atoms with Crippen LogP contribution in [0.5, 0.6) is 0 Å². The van der Waals surface area contributed by atoms with Crippen molar-refractivity contribution in [1.82, 2.24) is 10.2 Å². The molecule has 0 spiro atoms. The number of carbonyl (C=O) groups is 2. The first-order chi connectivity index (χ1) is 8.95. The fraction of sp³-hybridized carbons (Fsp3) is 0.857. The van der Waals surface area contributed by atoms with Crippen molar-refractivity contribution in [2.45, 2.75) is 39.5 Å². The zero-order valence-electron chi connectivity index (χ0n) is 12.4. The molecule has 1 rings (SSSR count). The largest absolute Gasteiger partial charge is 0.347 e. The van der Waals surface area contributed by atoms with Crippen molar-refractivity contribution in [1.29, 1.82) is 0 Å². The molecule has 19 heavy (non-hydrogen) atoms. The summed E-state index contributed by atoms with van der Waals surface area (Å²) in [5.41, 5.74) is 5.36. The standard InChI is InChI=1S/C14H27N3O2/c1-4-17(3)12(18)9-16-13(19)14(10-15)7-5-11(2)6-8-14/h11H,4-10,15H2,1-3H3,(H,16,19). The van der Waals surface area contributed by atoms with E-state index < -0.39 is 5.41 Å². The van der Waals surface area contributed by atoms with Gasteiger partial charge in [0.2, 0.25) is 11.8 Å². The lowest BCUT2D eigenvalue weighted by atomic mass is 9.70. The molecule has 1 saturated carbocycles. The fourth-order valence-corrected chi connectivity index (χ4v) is 2.49. The summed E-state index contributed by atoms with van der Waals surface area (Å²) in [6, 6.07) is 0. The molecule has 0 aromatic rings. The second-order valence-electron chi connectivity index (χ2n) is 5.76. The Bertz CT molecular complexity index is 323. The lowest BCUT2D eigenvalue weighted by Gasteiger charge is -2.37. The first-order valence-electron chi connectivity index (χ1n) is 7.17. The molecule has 0 saturated heterocycles. The van der Waals surface area contributed by atoms with Crippen LogP contribution in [0.3, 0.4) is 0 Å². The molecule has 0 aromatic heterocycles. The Morgan fingerprint density at radius 1 is 1.37 bits per heavy atom. The molecule has 0 unspecified atom stereocenters. The molecule has 0 heterocycles. The Morgan fingerprint density at radius 2 is 1.95 bits per heavy atom. The van der Waals surface area contributed by atoms with Crippen LogP contribution in [-0.4, -0.2) is 43.4 Å². The van der Waals surface area contributed by atoms with Crippen molar-refractivity contribution in [2.75, 3.05) is 26.7 Å². The van der Waals surface area contributed by atoms with Crippen molar-refractivity contribution in [3.63, 3.8) is 0 Å². The fourth-order valence-electron chi connectivity index (χ4n) is 2.49. The van der Waals surface area contributed by atoms with Crippen LogP contribution < -0.4 is 11.1 Å². The summed E-state index contributed by atoms with van der Waals surface area (Å²) in [6.07, 6.45) is 3.73. The minimum Gasteiger partial charge on any atom is -0.347 e. The van der Waals surface area contributed by atoms with E-state index in [9.17, 15) is 9.59 Å². The molecule has 0 aromatic carbocycles. The van der Waals surface area contributed by atoms with Crippen LogP contribution in [0, 0.1) is 11.3 Å². The predicted molar refractivity (Wildman–Crippen MR) is 75.4 cm³/mol. The van der Waals surface area contributed by atoms with Crippen molar-refractivity contribution >= 4 is 11.8 Å². The summed E-state index contributed by atoms with van der Waals surface area (Å²) in [5, 5.41) is 2.76. The van der Waals surface area contributed by atoms with Gasteiger partial charge < -0.3 is 16.0 Å². The number of nitrogens with two attached hydrogens (primary N) is 1. The van der Waals surface area contributed by atoms with Crippen LogP contribution >= 0.6 is 0 Å². The average molecular weight is 269 g/mol. The smallest absolute Gasteiger partial charge is 0.241 e. The molecule has 2 amide bonds. The van der Waals surface area contributed by atoms with Gasteiger partial charge in [0, 0.05) is 20.1 Å². The predicted octanol–water partition coefficient (Wildman–Crippen LogP) is 0.736. The maximum atomic E-state index is 12.3. The van der Waals surface area contributed by atoms with Gasteiger partial charge in [-0.2, -0.15) is 0 Å². The summed E-state index contributed by atoms with van der Waals surface area (Å²) in [4.78, 5) is 25.6. The summed E-state index contributed by atoms with van der Waals surface area (Å²) in [6.45, 7) is 5.19. The van der Waals surface area contributed by atoms with Crippen LogP contribution in [0.25, 0.3) is 0 Å². The second-order valence-corrected chi connectivity index (χ2v) is 5.76. The Labute approximate surface area is 115 Å². The molecule has 0 atom stereocenters. The van der Waals surface area contributed by atoms with Crippen LogP contribution in [0.15, 0.2) is 0 Å². The van der Waals surface area contributed by atoms with E-state index in [1.807, 2.05) is 6.92 Å². The zero-order chi connectivity index (χ0) is 14.5. The minimum absolute atomic E-state index is 0.0558. The van der Waals surface area contributed by atoms with E-state index in [2.05, 4.69) is 12.2 Å². The lowest BCUT2D eigenvalue weighted by molar-refractivity contribution is -0.137. The SMILES string of the molecule is CCN(C)C(=O)CNC(=O)C1(CN)CCC(C)CC1. The molecular formula is C14H27N3O2. The lowest BCUT2D eigenvalue weighted by Crippen LogP contribution is -2.50. The van der Waals surface area contributed by atoms with Crippen molar-refractivity contribution in [3.8, 4) is 0 Å². The highest BCUT2D eigenvalue weighted by molar-refractivity contribution is 5.88. The summed E-state index contributed by atoms with van der Waals surface area (Å²) in [7, 11) is 1.73. The van der Waals surface area contributed by atoms with Crippen molar-refractivity contribution in [3.05, 3.63) is 0 Å². The van der Waals surface area contributed by atoms with E-state index in [1.165, 1.54) is 0 Å². The number of carbonyl (C=O) groups excluding carboxylic acids is 2. The number of likely N-dealkylation sites (N-methyl/N-ethyl adjacent to an activating group) is 1. The van der Waals surface area contributed by atoms with Gasteiger partial charge in [-0.1, -0.05) is 6.92 Å². The van der Waals surface area contributed by atoms with E-state index in [1.54, 1.807) is 11.9 Å². The molecule has 1 aliphatic rings. The van der Waals surface area contributed by atoms with Crippen molar-refractivity contribution < 1.29 is 9.59 Å². The highest BCUT2D eigenvalue weighted by atomic mass is 16.2. The third-order valence-electron chi connectivity index (χ3n) is 4.40. The maximum Gasteiger partial charge on any atom is 0.241 e. The van der Waals surface area contributed by atoms with Gasteiger partial charge in [0.25, 0.3) is 0 Å². The highest BCUT2D eigenvalue weighted by Gasteiger charge is 2.39. The summed E-state index contributed by atoms with van der Waals surface area (Å²) in [5.74, 6) is 0.548. The second kappa shape index (κ2) is 6.89. The van der Waals surface area contributed by atoms with E-state index in [0.29, 0.717) is 19.0 Å². The topological polar surface area (TPSA) is 75.4 Å². The zero-order valence-corrected chi connectivity index (χ0v) is 12.4. The van der Waals surface area contributed by atoms with Gasteiger partial charge in [-0.25, -0.2) is 0 Å². The Kier molecular flexibility index (Phi) is 5.79. The molecule has 1 fully saturated rings. The van der Waals surface area contributed by atoms with Gasteiger partial charge in [-0.15, -0.1) is 0 Å². The number of hydrogen-bond acceptors (Lipinski definition) is 3. The molecule has 0 bridgehead atoms. The van der Waals surface area contributed by atoms with Crippen LogP contribution in [0.4, 0.5) is 0 Å². The number of rotatable bonds is 5. The highest BCUT2D eigenvalue weighted by Crippen LogP contribution is 2.38. The molecule has 0 aliphatic heterocycles. The van der Waals surface area contributed by atoms with Gasteiger partial charge >= 0.3 is 0 Å². The Balaban J connectivity index is 2.53. The number of hydrogen-bond donors (Lipinski definition) is 2. The summed E-state index contributed by atoms with van der Waals surface area (Å²) >= 11 is 0.